The van der Waals surface area contributed by atoms with Gasteiger partial charge in [0.05, 0.1) is 18.2 Å². The van der Waals surface area contributed by atoms with Gasteiger partial charge in [-0.25, -0.2) is 0 Å². The zero-order valence-corrected chi connectivity index (χ0v) is 10.4. The molecule has 1 fully saturated rings. The van der Waals surface area contributed by atoms with Crippen LogP contribution in [0.15, 0.2) is 11.8 Å². The van der Waals surface area contributed by atoms with Crippen LogP contribution in [0.4, 0.5) is 0 Å². The lowest BCUT2D eigenvalue weighted by Gasteiger charge is -2.46. The van der Waals surface area contributed by atoms with Gasteiger partial charge in [-0.15, -0.1) is 0 Å². The van der Waals surface area contributed by atoms with E-state index in [-0.39, 0.29) is 11.6 Å². The Kier molecular flexibility index (Phi) is 3.87. The fourth-order valence-electron chi connectivity index (χ4n) is 2.61. The first kappa shape index (κ1) is 11.9. The van der Waals surface area contributed by atoms with E-state index in [4.69, 9.17) is 9.47 Å². The van der Waals surface area contributed by atoms with Crippen LogP contribution in [0.25, 0.3) is 0 Å². The van der Waals surface area contributed by atoms with E-state index in [9.17, 15) is 0 Å². The molecule has 0 bridgehead atoms. The molecular formula is C13H23NO2. The van der Waals surface area contributed by atoms with Crippen molar-refractivity contribution in [1.29, 1.82) is 0 Å². The molecule has 3 nitrogen and oxygen atoms in total. The Bertz CT molecular complexity index is 253. The van der Waals surface area contributed by atoms with E-state index in [0.29, 0.717) is 0 Å². The van der Waals surface area contributed by atoms with E-state index in [2.05, 4.69) is 18.3 Å². The van der Waals surface area contributed by atoms with Gasteiger partial charge in [0.2, 0.25) is 0 Å². The van der Waals surface area contributed by atoms with Gasteiger partial charge in [0.1, 0.15) is 5.76 Å². The number of ether oxygens (including phenoxy) is 2. The van der Waals surface area contributed by atoms with Crippen molar-refractivity contribution >= 4 is 0 Å². The molecule has 0 amide bonds. The molecular weight excluding hydrogens is 202 g/mol. The Morgan fingerprint density at radius 2 is 2.38 bits per heavy atom. The Hall–Kier alpha value is -0.540. The first-order valence-corrected chi connectivity index (χ1v) is 6.44. The maximum absolute atomic E-state index is 5.76. The van der Waals surface area contributed by atoms with Gasteiger partial charge < -0.3 is 14.8 Å². The van der Waals surface area contributed by atoms with Crippen molar-refractivity contribution in [3.05, 3.63) is 11.8 Å². The molecule has 1 N–H and O–H groups in total. The van der Waals surface area contributed by atoms with Crippen molar-refractivity contribution in [2.75, 3.05) is 20.3 Å². The first-order valence-electron chi connectivity index (χ1n) is 6.44. The molecule has 16 heavy (non-hydrogen) atoms. The predicted octanol–water partition coefficient (Wildman–Crippen LogP) is 2.23. The van der Waals surface area contributed by atoms with E-state index in [1.807, 2.05) is 7.11 Å². The summed E-state index contributed by atoms with van der Waals surface area (Å²) in [5.74, 6) is 1.11. The van der Waals surface area contributed by atoms with Crippen LogP contribution in [0.1, 0.15) is 39.0 Å². The summed E-state index contributed by atoms with van der Waals surface area (Å²) in [5, 5.41) is 3.59. The fourth-order valence-corrected chi connectivity index (χ4v) is 2.61. The molecule has 1 atom stereocenters. The summed E-state index contributed by atoms with van der Waals surface area (Å²) in [5.41, 5.74) is -0.00859. The average Bonchev–Trinajstić information content (AvgIpc) is 2.75. The summed E-state index contributed by atoms with van der Waals surface area (Å²) in [7, 11) is 1.83. The van der Waals surface area contributed by atoms with E-state index in [1.165, 1.54) is 6.42 Å². The van der Waals surface area contributed by atoms with Crippen LogP contribution >= 0.6 is 0 Å². The van der Waals surface area contributed by atoms with Crippen LogP contribution in [-0.4, -0.2) is 31.9 Å². The highest BCUT2D eigenvalue weighted by Crippen LogP contribution is 2.41. The predicted molar refractivity (Wildman–Crippen MR) is 64.3 cm³/mol. The van der Waals surface area contributed by atoms with Gasteiger partial charge in [-0.05, 0) is 38.3 Å². The minimum absolute atomic E-state index is 0.00859. The van der Waals surface area contributed by atoms with Crippen molar-refractivity contribution in [1.82, 2.24) is 5.32 Å². The molecule has 2 aliphatic rings. The van der Waals surface area contributed by atoms with Crippen LogP contribution in [0.3, 0.4) is 0 Å². The molecule has 0 saturated heterocycles. The number of methoxy groups -OCH3 is 1. The smallest absolute Gasteiger partial charge is 0.112 e. The van der Waals surface area contributed by atoms with Crippen LogP contribution in [0.2, 0.25) is 0 Å². The third-order valence-electron chi connectivity index (χ3n) is 3.75. The second-order valence-electron chi connectivity index (χ2n) is 4.75. The largest absolute Gasteiger partial charge is 0.496 e. The van der Waals surface area contributed by atoms with Gasteiger partial charge in [-0.3, -0.25) is 0 Å². The molecule has 0 radical (unpaired) electrons. The lowest BCUT2D eigenvalue weighted by Crippen LogP contribution is -2.57. The van der Waals surface area contributed by atoms with Crippen molar-refractivity contribution in [3.63, 3.8) is 0 Å². The van der Waals surface area contributed by atoms with E-state index >= 15 is 0 Å². The van der Waals surface area contributed by atoms with Crippen molar-refractivity contribution in [2.24, 2.45) is 0 Å². The van der Waals surface area contributed by atoms with Crippen molar-refractivity contribution in [3.8, 4) is 0 Å². The van der Waals surface area contributed by atoms with Gasteiger partial charge in [-0.2, -0.15) is 0 Å². The zero-order valence-electron chi connectivity index (χ0n) is 10.4. The monoisotopic (exact) mass is 225 g/mol. The number of nitrogens with one attached hydrogen (secondary N) is 1. The quantitative estimate of drug-likeness (QED) is 0.752. The zero-order chi connectivity index (χ0) is 11.4. The van der Waals surface area contributed by atoms with Gasteiger partial charge in [0.15, 0.2) is 0 Å². The molecule has 1 unspecified atom stereocenters. The maximum Gasteiger partial charge on any atom is 0.112 e. The maximum atomic E-state index is 5.76. The summed E-state index contributed by atoms with van der Waals surface area (Å²) in [6, 6.07) is 0.258. The Labute approximate surface area is 98.2 Å². The molecule has 92 valence electrons. The minimum Gasteiger partial charge on any atom is -0.496 e. The van der Waals surface area contributed by atoms with Crippen LogP contribution in [-0.2, 0) is 9.47 Å². The second kappa shape index (κ2) is 5.19. The lowest BCUT2D eigenvalue weighted by molar-refractivity contribution is -0.0983. The molecule has 0 aromatic carbocycles. The van der Waals surface area contributed by atoms with Gasteiger partial charge in [0, 0.05) is 13.5 Å². The summed E-state index contributed by atoms with van der Waals surface area (Å²) < 4.78 is 11.5. The first-order chi connectivity index (χ1) is 7.82. The van der Waals surface area contributed by atoms with E-state index in [0.717, 1.165) is 44.6 Å². The van der Waals surface area contributed by atoms with Gasteiger partial charge in [-0.1, -0.05) is 6.92 Å². The molecule has 1 saturated carbocycles. The number of hydrogen-bond acceptors (Lipinski definition) is 3. The molecule has 0 aromatic rings. The summed E-state index contributed by atoms with van der Waals surface area (Å²) in [6.07, 6.45) is 7.96. The lowest BCUT2D eigenvalue weighted by atomic mass is 9.73. The average molecular weight is 225 g/mol. The van der Waals surface area contributed by atoms with E-state index < -0.39 is 0 Å². The van der Waals surface area contributed by atoms with Crippen molar-refractivity contribution in [2.45, 2.75) is 50.7 Å². The third-order valence-corrected chi connectivity index (χ3v) is 3.75. The Morgan fingerprint density at radius 3 is 2.81 bits per heavy atom. The summed E-state index contributed by atoms with van der Waals surface area (Å²) >= 11 is 0. The van der Waals surface area contributed by atoms with Crippen LogP contribution < -0.4 is 5.32 Å². The Balaban J connectivity index is 2.06. The Morgan fingerprint density at radius 1 is 1.56 bits per heavy atom. The fraction of sp³-hybridized carbons (Fsp3) is 0.846. The highest BCUT2D eigenvalue weighted by atomic mass is 16.5. The van der Waals surface area contributed by atoms with Crippen LogP contribution in [0, 0.1) is 0 Å². The third kappa shape index (κ3) is 2.11. The molecule has 1 aliphatic carbocycles. The SMILES string of the molecule is CCCNC(C1=CCCO1)C1(OC)CCC1. The highest BCUT2D eigenvalue weighted by Gasteiger charge is 2.47. The molecule has 2 rings (SSSR count). The number of rotatable bonds is 6. The molecule has 0 aromatic heterocycles. The van der Waals surface area contributed by atoms with Gasteiger partial charge >= 0.3 is 0 Å². The van der Waals surface area contributed by atoms with Gasteiger partial charge in [0.25, 0.3) is 0 Å². The molecule has 1 heterocycles. The minimum atomic E-state index is -0.00859. The molecule has 1 aliphatic heterocycles. The molecule has 3 heteroatoms. The topological polar surface area (TPSA) is 30.5 Å². The number of hydrogen-bond donors (Lipinski definition) is 1. The summed E-state index contributed by atoms with van der Waals surface area (Å²) in [4.78, 5) is 0. The highest BCUT2D eigenvalue weighted by molar-refractivity contribution is 5.17. The standard InChI is InChI=1S/C13H23NO2/c1-3-9-14-12(11-6-4-10-16-11)13(15-2)7-5-8-13/h6,12,14H,3-5,7-10H2,1-2H3. The normalized spacial score (nSPS) is 24.5. The van der Waals surface area contributed by atoms with Crippen LogP contribution in [0.5, 0.6) is 0 Å². The van der Waals surface area contributed by atoms with E-state index in [1.54, 1.807) is 0 Å². The second-order valence-corrected chi connectivity index (χ2v) is 4.75. The van der Waals surface area contributed by atoms with Crippen molar-refractivity contribution < 1.29 is 9.47 Å². The summed E-state index contributed by atoms with van der Waals surface area (Å²) in [6.45, 7) is 4.05. The molecule has 0 spiro atoms.